The number of nitro benzene ring substituents is 1. The van der Waals surface area contributed by atoms with Gasteiger partial charge in [0.05, 0.1) is 16.1 Å². The van der Waals surface area contributed by atoms with E-state index >= 15 is 0 Å². The standard InChI is InChI=1S/C11H11F2NO3/c1-3-7-4-8(6(2)15)10(14(16)17)9(5-7)11(12)13/h4-5,11H,3H2,1-2H3. The van der Waals surface area contributed by atoms with Crippen molar-refractivity contribution in [3.05, 3.63) is 38.9 Å². The van der Waals surface area contributed by atoms with Crippen LogP contribution in [0.5, 0.6) is 0 Å². The lowest BCUT2D eigenvalue weighted by Gasteiger charge is -2.08. The van der Waals surface area contributed by atoms with E-state index in [1.165, 1.54) is 6.07 Å². The van der Waals surface area contributed by atoms with E-state index in [0.717, 1.165) is 13.0 Å². The average Bonchev–Trinajstić information content (AvgIpc) is 2.26. The molecule has 1 rings (SSSR count). The number of nitro groups is 1. The van der Waals surface area contributed by atoms with Crippen LogP contribution >= 0.6 is 0 Å². The summed E-state index contributed by atoms with van der Waals surface area (Å²) in [7, 11) is 0. The van der Waals surface area contributed by atoms with Gasteiger partial charge in [0.15, 0.2) is 5.78 Å². The van der Waals surface area contributed by atoms with Crippen LogP contribution < -0.4 is 0 Å². The van der Waals surface area contributed by atoms with Crippen molar-refractivity contribution in [2.45, 2.75) is 26.7 Å². The number of alkyl halides is 2. The van der Waals surface area contributed by atoms with Crippen molar-refractivity contribution in [2.75, 3.05) is 0 Å². The zero-order valence-corrected chi connectivity index (χ0v) is 9.37. The van der Waals surface area contributed by atoms with E-state index < -0.39 is 28.4 Å². The van der Waals surface area contributed by atoms with Crippen molar-refractivity contribution in [2.24, 2.45) is 0 Å². The van der Waals surface area contributed by atoms with Crippen LogP contribution in [0.3, 0.4) is 0 Å². The minimum absolute atomic E-state index is 0.260. The molecule has 0 N–H and O–H groups in total. The molecule has 92 valence electrons. The summed E-state index contributed by atoms with van der Waals surface area (Å²) in [6, 6.07) is 2.38. The van der Waals surface area contributed by atoms with Gasteiger partial charge in [0.1, 0.15) is 0 Å². The molecular formula is C11H11F2NO3. The van der Waals surface area contributed by atoms with Gasteiger partial charge in [0, 0.05) is 0 Å². The van der Waals surface area contributed by atoms with Gasteiger partial charge in [-0.05, 0) is 31.0 Å². The van der Waals surface area contributed by atoms with Crippen molar-refractivity contribution >= 4 is 11.5 Å². The van der Waals surface area contributed by atoms with Crippen molar-refractivity contribution in [1.82, 2.24) is 0 Å². The predicted molar refractivity (Wildman–Crippen MR) is 57.4 cm³/mol. The maximum absolute atomic E-state index is 12.7. The summed E-state index contributed by atoms with van der Waals surface area (Å²) in [6.07, 6.45) is -2.54. The highest BCUT2D eigenvalue weighted by Crippen LogP contribution is 2.33. The Morgan fingerprint density at radius 2 is 2.06 bits per heavy atom. The van der Waals surface area contributed by atoms with Crippen LogP contribution in [0.2, 0.25) is 0 Å². The van der Waals surface area contributed by atoms with Crippen LogP contribution in [0.1, 0.15) is 41.8 Å². The highest BCUT2D eigenvalue weighted by atomic mass is 19.3. The van der Waals surface area contributed by atoms with Crippen molar-refractivity contribution in [3.63, 3.8) is 0 Å². The summed E-state index contributed by atoms with van der Waals surface area (Å²) < 4.78 is 25.5. The first kappa shape index (κ1) is 13.2. The van der Waals surface area contributed by atoms with Gasteiger partial charge >= 0.3 is 0 Å². The number of carbonyl (C=O) groups is 1. The Labute approximate surface area is 96.4 Å². The molecule has 0 fully saturated rings. The van der Waals surface area contributed by atoms with E-state index in [-0.39, 0.29) is 5.56 Å². The molecule has 0 radical (unpaired) electrons. The first-order valence-corrected chi connectivity index (χ1v) is 4.98. The van der Waals surface area contributed by atoms with Gasteiger partial charge in [-0.25, -0.2) is 8.78 Å². The predicted octanol–water partition coefficient (Wildman–Crippen LogP) is 3.30. The second-order valence-electron chi connectivity index (χ2n) is 3.55. The molecule has 0 spiro atoms. The number of aryl methyl sites for hydroxylation is 1. The fourth-order valence-corrected chi connectivity index (χ4v) is 1.56. The van der Waals surface area contributed by atoms with Crippen LogP contribution in [0.25, 0.3) is 0 Å². The molecule has 17 heavy (non-hydrogen) atoms. The summed E-state index contributed by atoms with van der Waals surface area (Å²) in [5.41, 5.74) is -1.26. The Kier molecular flexibility index (Phi) is 3.88. The third-order valence-electron chi connectivity index (χ3n) is 2.40. The first-order valence-electron chi connectivity index (χ1n) is 4.98. The number of Topliss-reactive ketones (excluding diaryl/α,β-unsaturated/α-hetero) is 1. The fraction of sp³-hybridized carbons (Fsp3) is 0.364. The molecular weight excluding hydrogens is 232 g/mol. The first-order chi connectivity index (χ1) is 7.88. The highest BCUT2D eigenvalue weighted by Gasteiger charge is 2.28. The van der Waals surface area contributed by atoms with Crippen LogP contribution in [0.4, 0.5) is 14.5 Å². The van der Waals surface area contributed by atoms with E-state index in [1.54, 1.807) is 6.92 Å². The molecule has 1 aromatic rings. The third-order valence-corrected chi connectivity index (χ3v) is 2.40. The Morgan fingerprint density at radius 1 is 1.47 bits per heavy atom. The second kappa shape index (κ2) is 4.99. The van der Waals surface area contributed by atoms with Crippen LogP contribution in [-0.4, -0.2) is 10.7 Å². The molecule has 0 aliphatic carbocycles. The molecule has 0 unspecified atom stereocenters. The van der Waals surface area contributed by atoms with E-state index in [0.29, 0.717) is 12.0 Å². The summed E-state index contributed by atoms with van der Waals surface area (Å²) in [5.74, 6) is -0.589. The van der Waals surface area contributed by atoms with Crippen molar-refractivity contribution in [3.8, 4) is 0 Å². The Morgan fingerprint density at radius 3 is 2.41 bits per heavy atom. The maximum Gasteiger partial charge on any atom is 0.289 e. The molecule has 0 saturated heterocycles. The lowest BCUT2D eigenvalue weighted by molar-refractivity contribution is -0.386. The minimum atomic E-state index is -2.97. The molecule has 0 atom stereocenters. The second-order valence-corrected chi connectivity index (χ2v) is 3.55. The Bertz CT molecular complexity index is 472. The van der Waals surface area contributed by atoms with Gasteiger partial charge in [-0.1, -0.05) is 6.92 Å². The molecule has 0 aromatic heterocycles. The van der Waals surface area contributed by atoms with E-state index in [2.05, 4.69) is 0 Å². The number of halogens is 2. The number of ketones is 1. The van der Waals surface area contributed by atoms with Gasteiger partial charge in [-0.2, -0.15) is 0 Å². The van der Waals surface area contributed by atoms with Crippen LogP contribution in [0.15, 0.2) is 12.1 Å². The molecule has 0 saturated carbocycles. The van der Waals surface area contributed by atoms with Gasteiger partial charge in [-0.3, -0.25) is 14.9 Å². The van der Waals surface area contributed by atoms with Crippen LogP contribution in [-0.2, 0) is 6.42 Å². The number of nitrogens with zero attached hydrogens (tertiary/aromatic N) is 1. The molecule has 0 aliphatic rings. The largest absolute Gasteiger partial charge is 0.294 e. The molecule has 4 nitrogen and oxygen atoms in total. The molecule has 0 bridgehead atoms. The SMILES string of the molecule is CCc1cc(C(C)=O)c([N+](=O)[O-])c(C(F)F)c1. The van der Waals surface area contributed by atoms with Crippen molar-refractivity contribution in [1.29, 1.82) is 0 Å². The Balaban J connectivity index is 3.61. The van der Waals surface area contributed by atoms with Gasteiger partial charge in [0.2, 0.25) is 0 Å². The van der Waals surface area contributed by atoms with E-state index in [9.17, 15) is 23.7 Å². The lowest BCUT2D eigenvalue weighted by Crippen LogP contribution is -2.06. The number of benzene rings is 1. The lowest BCUT2D eigenvalue weighted by atomic mass is 9.99. The van der Waals surface area contributed by atoms with Gasteiger partial charge in [-0.15, -0.1) is 0 Å². The summed E-state index contributed by atoms with van der Waals surface area (Å²) in [6.45, 7) is 2.84. The smallest absolute Gasteiger partial charge is 0.289 e. The zero-order valence-electron chi connectivity index (χ0n) is 9.37. The monoisotopic (exact) mass is 243 g/mol. The summed E-state index contributed by atoms with van der Waals surface area (Å²) >= 11 is 0. The number of rotatable bonds is 4. The van der Waals surface area contributed by atoms with Gasteiger partial charge < -0.3 is 0 Å². The number of hydrogen-bond donors (Lipinski definition) is 0. The number of hydrogen-bond acceptors (Lipinski definition) is 3. The van der Waals surface area contributed by atoms with E-state index in [4.69, 9.17) is 0 Å². The molecule has 0 heterocycles. The topological polar surface area (TPSA) is 60.2 Å². The molecule has 6 heteroatoms. The van der Waals surface area contributed by atoms with Crippen molar-refractivity contribution < 1.29 is 18.5 Å². The molecule has 0 aliphatic heterocycles. The maximum atomic E-state index is 12.7. The normalized spacial score (nSPS) is 10.6. The summed E-state index contributed by atoms with van der Waals surface area (Å²) in [5, 5.41) is 10.8. The van der Waals surface area contributed by atoms with Gasteiger partial charge in [0.25, 0.3) is 12.1 Å². The Hall–Kier alpha value is -1.85. The highest BCUT2D eigenvalue weighted by molar-refractivity contribution is 5.98. The van der Waals surface area contributed by atoms with Crippen LogP contribution in [0, 0.1) is 10.1 Å². The molecule has 1 aromatic carbocycles. The third kappa shape index (κ3) is 2.64. The number of carbonyl (C=O) groups excluding carboxylic acids is 1. The average molecular weight is 243 g/mol. The quantitative estimate of drug-likeness (QED) is 0.463. The molecule has 0 amide bonds. The zero-order chi connectivity index (χ0) is 13.2. The minimum Gasteiger partial charge on any atom is -0.294 e. The fourth-order valence-electron chi connectivity index (χ4n) is 1.56. The van der Waals surface area contributed by atoms with E-state index in [1.807, 2.05) is 0 Å². The summed E-state index contributed by atoms with van der Waals surface area (Å²) in [4.78, 5) is 21.1.